The van der Waals surface area contributed by atoms with Gasteiger partial charge in [-0.15, -0.1) is 0 Å². The Morgan fingerprint density at radius 3 is 3.06 bits per heavy atom. The van der Waals surface area contributed by atoms with Crippen LogP contribution in [0.25, 0.3) is 0 Å². The van der Waals surface area contributed by atoms with Gasteiger partial charge in [0.05, 0.1) is 6.54 Å². The number of nitrogens with zero attached hydrogens (tertiary/aromatic N) is 3. The van der Waals surface area contributed by atoms with Gasteiger partial charge in [-0.1, -0.05) is 12.1 Å². The van der Waals surface area contributed by atoms with Crippen LogP contribution in [0.2, 0.25) is 0 Å². The Morgan fingerprint density at radius 2 is 2.41 bits per heavy atom. The Morgan fingerprint density at radius 1 is 1.53 bits per heavy atom. The zero-order chi connectivity index (χ0) is 12.1. The van der Waals surface area contributed by atoms with Gasteiger partial charge in [0.25, 0.3) is 0 Å². The highest BCUT2D eigenvalue weighted by Gasteiger charge is 2.16. The molecule has 1 unspecified atom stereocenters. The number of hydrogen-bond donors (Lipinski definition) is 1. The Hall–Kier alpha value is -0.940. The summed E-state index contributed by atoms with van der Waals surface area (Å²) in [5.74, 6) is 2.28. The maximum Gasteiger partial charge on any atom is 0.226 e. The Balaban J connectivity index is 1.77. The van der Waals surface area contributed by atoms with Crippen LogP contribution in [0, 0.1) is 5.92 Å². The minimum absolute atomic E-state index is 0.729. The summed E-state index contributed by atoms with van der Waals surface area (Å²) in [5.41, 5.74) is 0. The van der Waals surface area contributed by atoms with Gasteiger partial charge in [0.2, 0.25) is 5.89 Å². The average Bonchev–Trinajstić information content (AvgIpc) is 2.78. The second-order valence-electron chi connectivity index (χ2n) is 4.87. The Kier molecular flexibility index (Phi) is 4.50. The minimum atomic E-state index is 0.729. The number of aromatic nitrogens is 2. The average molecular weight is 238 g/mol. The number of rotatable bonds is 5. The lowest BCUT2D eigenvalue weighted by atomic mass is 9.99. The van der Waals surface area contributed by atoms with E-state index in [0.29, 0.717) is 0 Å². The van der Waals surface area contributed by atoms with Crippen LogP contribution in [0.1, 0.15) is 31.5 Å². The number of aryl methyl sites for hydroxylation is 1. The molecule has 0 radical (unpaired) electrons. The van der Waals surface area contributed by atoms with Gasteiger partial charge in [0.1, 0.15) is 0 Å². The zero-order valence-electron chi connectivity index (χ0n) is 10.8. The van der Waals surface area contributed by atoms with E-state index in [1.807, 2.05) is 6.92 Å². The monoisotopic (exact) mass is 238 g/mol. The van der Waals surface area contributed by atoms with Crippen molar-refractivity contribution in [3.05, 3.63) is 11.7 Å². The fourth-order valence-corrected chi connectivity index (χ4v) is 2.32. The van der Waals surface area contributed by atoms with E-state index in [1.54, 1.807) is 0 Å². The first kappa shape index (κ1) is 12.5. The lowest BCUT2D eigenvalue weighted by Gasteiger charge is -2.26. The van der Waals surface area contributed by atoms with Crippen molar-refractivity contribution in [2.75, 3.05) is 26.7 Å². The molecule has 5 heteroatoms. The van der Waals surface area contributed by atoms with Gasteiger partial charge in [0, 0.05) is 13.0 Å². The molecule has 0 saturated carbocycles. The third-order valence-corrected chi connectivity index (χ3v) is 3.19. The highest BCUT2D eigenvalue weighted by Crippen LogP contribution is 2.12. The number of piperidine rings is 1. The van der Waals surface area contributed by atoms with Crippen LogP contribution in [0.4, 0.5) is 0 Å². The largest absolute Gasteiger partial charge is 0.339 e. The van der Waals surface area contributed by atoms with Gasteiger partial charge in [-0.05, 0) is 38.9 Å². The van der Waals surface area contributed by atoms with Crippen molar-refractivity contribution in [3.8, 4) is 0 Å². The normalized spacial score (nSPS) is 21.0. The van der Waals surface area contributed by atoms with Gasteiger partial charge in [-0.2, -0.15) is 4.98 Å². The summed E-state index contributed by atoms with van der Waals surface area (Å²) in [6, 6.07) is 0. The fraction of sp³-hybridized carbons (Fsp3) is 0.833. The molecule has 1 N–H and O–H groups in total. The lowest BCUT2D eigenvalue weighted by molar-refractivity contribution is 0.231. The van der Waals surface area contributed by atoms with E-state index >= 15 is 0 Å². The van der Waals surface area contributed by atoms with E-state index in [4.69, 9.17) is 4.52 Å². The smallest absolute Gasteiger partial charge is 0.226 e. The molecule has 0 spiro atoms. The molecule has 2 rings (SSSR count). The summed E-state index contributed by atoms with van der Waals surface area (Å²) >= 11 is 0. The Bertz CT molecular complexity index is 333. The third kappa shape index (κ3) is 3.78. The molecule has 0 aliphatic carbocycles. The molecule has 1 atom stereocenters. The summed E-state index contributed by atoms with van der Waals surface area (Å²) in [6.45, 7) is 6.21. The standard InChI is InChI=1S/C12H22N4O/c1-3-12-14-11(15-17-12)9-16(2)8-10-5-4-6-13-7-10/h10,13H,3-9H2,1-2H3. The second kappa shape index (κ2) is 6.12. The Labute approximate surface area is 103 Å². The minimum Gasteiger partial charge on any atom is -0.339 e. The van der Waals surface area contributed by atoms with Crippen molar-refractivity contribution in [2.45, 2.75) is 32.7 Å². The molecule has 1 aromatic rings. The molecule has 5 nitrogen and oxygen atoms in total. The first-order valence-corrected chi connectivity index (χ1v) is 6.48. The van der Waals surface area contributed by atoms with Crippen molar-refractivity contribution in [2.24, 2.45) is 5.92 Å². The van der Waals surface area contributed by atoms with E-state index in [1.165, 1.54) is 19.4 Å². The SMILES string of the molecule is CCc1nc(CN(C)CC2CCCNC2)no1. The molecule has 1 fully saturated rings. The molecule has 1 aliphatic heterocycles. The van der Waals surface area contributed by atoms with Crippen LogP contribution in [0.15, 0.2) is 4.52 Å². The maximum atomic E-state index is 5.10. The van der Waals surface area contributed by atoms with Crippen LogP contribution in [-0.2, 0) is 13.0 Å². The van der Waals surface area contributed by atoms with Crippen LogP contribution < -0.4 is 5.32 Å². The van der Waals surface area contributed by atoms with Crippen LogP contribution in [0.3, 0.4) is 0 Å². The predicted octanol–water partition coefficient (Wildman–Crippen LogP) is 1.06. The predicted molar refractivity (Wildman–Crippen MR) is 65.6 cm³/mol. The van der Waals surface area contributed by atoms with Crippen LogP contribution >= 0.6 is 0 Å². The van der Waals surface area contributed by atoms with Crippen molar-refractivity contribution >= 4 is 0 Å². The van der Waals surface area contributed by atoms with E-state index in [9.17, 15) is 0 Å². The molecule has 2 heterocycles. The van der Waals surface area contributed by atoms with Crippen molar-refractivity contribution in [1.29, 1.82) is 0 Å². The topological polar surface area (TPSA) is 54.2 Å². The summed E-state index contributed by atoms with van der Waals surface area (Å²) in [6.07, 6.45) is 3.42. The van der Waals surface area contributed by atoms with Gasteiger partial charge in [0.15, 0.2) is 5.82 Å². The molecule has 17 heavy (non-hydrogen) atoms. The lowest BCUT2D eigenvalue weighted by Crippen LogP contribution is -2.36. The van der Waals surface area contributed by atoms with E-state index in [-0.39, 0.29) is 0 Å². The van der Waals surface area contributed by atoms with Crippen molar-refractivity contribution < 1.29 is 4.52 Å². The summed E-state index contributed by atoms with van der Waals surface area (Å²) in [7, 11) is 2.12. The summed E-state index contributed by atoms with van der Waals surface area (Å²) in [4.78, 5) is 6.61. The molecular formula is C12H22N4O. The highest BCUT2D eigenvalue weighted by atomic mass is 16.5. The van der Waals surface area contributed by atoms with Gasteiger partial charge >= 0.3 is 0 Å². The third-order valence-electron chi connectivity index (χ3n) is 3.19. The summed E-state index contributed by atoms with van der Waals surface area (Å²) < 4.78 is 5.10. The first-order chi connectivity index (χ1) is 8.28. The van der Waals surface area contributed by atoms with E-state index < -0.39 is 0 Å². The fourth-order valence-electron chi connectivity index (χ4n) is 2.32. The van der Waals surface area contributed by atoms with Crippen molar-refractivity contribution in [3.63, 3.8) is 0 Å². The number of hydrogen-bond acceptors (Lipinski definition) is 5. The zero-order valence-corrected chi connectivity index (χ0v) is 10.8. The van der Waals surface area contributed by atoms with Crippen LogP contribution in [-0.4, -0.2) is 41.7 Å². The van der Waals surface area contributed by atoms with Gasteiger partial charge in [-0.3, -0.25) is 4.90 Å². The second-order valence-corrected chi connectivity index (χ2v) is 4.87. The molecule has 1 aromatic heterocycles. The molecular weight excluding hydrogens is 216 g/mol. The molecule has 96 valence electrons. The van der Waals surface area contributed by atoms with Crippen LogP contribution in [0.5, 0.6) is 0 Å². The van der Waals surface area contributed by atoms with E-state index in [0.717, 1.165) is 43.7 Å². The quantitative estimate of drug-likeness (QED) is 0.831. The molecule has 0 amide bonds. The van der Waals surface area contributed by atoms with Gasteiger partial charge < -0.3 is 9.84 Å². The van der Waals surface area contributed by atoms with Gasteiger partial charge in [-0.25, -0.2) is 0 Å². The highest BCUT2D eigenvalue weighted by molar-refractivity contribution is 4.86. The van der Waals surface area contributed by atoms with Crippen molar-refractivity contribution in [1.82, 2.24) is 20.4 Å². The molecule has 0 aromatic carbocycles. The maximum absolute atomic E-state index is 5.10. The molecule has 1 saturated heterocycles. The number of nitrogens with one attached hydrogen (secondary N) is 1. The van der Waals surface area contributed by atoms with E-state index in [2.05, 4.69) is 27.4 Å². The molecule has 1 aliphatic rings. The summed E-state index contributed by atoms with van der Waals surface area (Å²) in [5, 5.41) is 7.42. The first-order valence-electron chi connectivity index (χ1n) is 6.48. The molecule has 0 bridgehead atoms.